The van der Waals surface area contributed by atoms with Gasteiger partial charge < -0.3 is 5.32 Å². The highest BCUT2D eigenvalue weighted by atomic mass is 35.5. The molecule has 4 aromatic carbocycles. The van der Waals surface area contributed by atoms with Crippen molar-refractivity contribution >= 4 is 29.3 Å². The molecule has 1 unspecified atom stereocenters. The Bertz CT molecular complexity index is 1630. The lowest BCUT2D eigenvalue weighted by molar-refractivity contribution is 0.0933. The van der Waals surface area contributed by atoms with Crippen molar-refractivity contribution in [2.45, 2.75) is 30.3 Å². The smallest absolute Gasteiger partial charge is 0.251 e. The first-order valence-corrected chi connectivity index (χ1v) is 13.9. The lowest BCUT2D eigenvalue weighted by Gasteiger charge is -2.21. The molecule has 202 valence electrons. The number of aromatic nitrogens is 3. The van der Waals surface area contributed by atoms with Gasteiger partial charge in [-0.25, -0.2) is 8.78 Å². The maximum atomic E-state index is 13.9. The van der Waals surface area contributed by atoms with Crippen molar-refractivity contribution in [3.8, 4) is 5.69 Å². The molecule has 9 heteroatoms. The molecule has 0 saturated carbocycles. The number of amides is 1. The van der Waals surface area contributed by atoms with E-state index >= 15 is 0 Å². The highest BCUT2D eigenvalue weighted by molar-refractivity contribution is 7.98. The molecule has 40 heavy (non-hydrogen) atoms. The van der Waals surface area contributed by atoms with E-state index in [2.05, 4.69) is 15.5 Å². The van der Waals surface area contributed by atoms with E-state index in [9.17, 15) is 13.6 Å². The van der Waals surface area contributed by atoms with Crippen LogP contribution >= 0.6 is 23.4 Å². The van der Waals surface area contributed by atoms with Crippen LogP contribution in [0.2, 0.25) is 5.02 Å². The van der Waals surface area contributed by atoms with Gasteiger partial charge in [-0.05, 0) is 72.5 Å². The molecule has 1 aromatic heterocycles. The van der Waals surface area contributed by atoms with Crippen LogP contribution in [0.1, 0.15) is 38.9 Å². The quantitative estimate of drug-likeness (QED) is 0.185. The van der Waals surface area contributed by atoms with E-state index < -0.39 is 17.8 Å². The number of halogens is 3. The molecule has 5 rings (SSSR count). The average Bonchev–Trinajstić information content (AvgIpc) is 3.38. The SMILES string of the molecule is Cc1ccc(Cl)cc1-n1c(SCc2ccc(F)cc2)nnc1C(Cc1ccccc1)NC(=O)c1cccc(F)c1. The summed E-state index contributed by atoms with van der Waals surface area (Å²) in [5, 5.41) is 13.2. The predicted molar refractivity (Wildman–Crippen MR) is 154 cm³/mol. The summed E-state index contributed by atoms with van der Waals surface area (Å²) in [5.74, 6) is -0.202. The van der Waals surface area contributed by atoms with Gasteiger partial charge in [0.05, 0.1) is 11.7 Å². The average molecular weight is 575 g/mol. The molecule has 5 nitrogen and oxygen atoms in total. The molecule has 1 amide bonds. The van der Waals surface area contributed by atoms with Crippen LogP contribution < -0.4 is 5.32 Å². The molecule has 0 fully saturated rings. The predicted octanol–water partition coefficient (Wildman–Crippen LogP) is 7.51. The van der Waals surface area contributed by atoms with Crippen LogP contribution in [0.15, 0.2) is 102 Å². The number of aryl methyl sites for hydroxylation is 1. The molecular formula is C31H25ClF2N4OS. The van der Waals surface area contributed by atoms with Crippen molar-refractivity contribution in [3.63, 3.8) is 0 Å². The van der Waals surface area contributed by atoms with Crippen LogP contribution in [0.25, 0.3) is 5.69 Å². The molecule has 0 saturated heterocycles. The Balaban J connectivity index is 1.57. The standard InChI is InChI=1S/C31H25ClF2N4OS/c1-20-10-13-24(32)18-28(20)38-29(36-37-31(38)40-19-22-11-14-25(33)15-12-22)27(16-21-6-3-2-4-7-21)35-30(39)23-8-5-9-26(34)17-23/h2-15,17-18,27H,16,19H2,1H3,(H,35,39). The largest absolute Gasteiger partial charge is 0.342 e. The molecule has 0 bridgehead atoms. The lowest BCUT2D eigenvalue weighted by atomic mass is 10.0. The second-order valence-corrected chi connectivity index (χ2v) is 10.6. The fourth-order valence-corrected chi connectivity index (χ4v) is 5.38. The minimum absolute atomic E-state index is 0.203. The summed E-state index contributed by atoms with van der Waals surface area (Å²) >= 11 is 7.85. The van der Waals surface area contributed by atoms with Crippen LogP contribution in [0, 0.1) is 18.6 Å². The van der Waals surface area contributed by atoms with E-state index in [0.717, 1.165) is 22.4 Å². The topological polar surface area (TPSA) is 59.8 Å². The van der Waals surface area contributed by atoms with Gasteiger partial charge in [0.15, 0.2) is 11.0 Å². The Morgan fingerprint density at radius 3 is 2.42 bits per heavy atom. The third-order valence-corrected chi connectivity index (χ3v) is 7.57. The first-order chi connectivity index (χ1) is 19.4. The Hall–Kier alpha value is -4.01. The van der Waals surface area contributed by atoms with Crippen LogP contribution in [-0.2, 0) is 12.2 Å². The van der Waals surface area contributed by atoms with Gasteiger partial charge >= 0.3 is 0 Å². The molecule has 1 heterocycles. The summed E-state index contributed by atoms with van der Waals surface area (Å²) in [4.78, 5) is 13.3. The van der Waals surface area contributed by atoms with Crippen molar-refractivity contribution in [1.82, 2.24) is 20.1 Å². The minimum Gasteiger partial charge on any atom is -0.342 e. The summed E-state index contributed by atoms with van der Waals surface area (Å²) in [6.07, 6.45) is 0.419. The van der Waals surface area contributed by atoms with Gasteiger partial charge in [0, 0.05) is 16.3 Å². The fraction of sp³-hybridized carbons (Fsp3) is 0.129. The zero-order valence-electron chi connectivity index (χ0n) is 21.5. The van der Waals surface area contributed by atoms with Crippen LogP contribution in [0.5, 0.6) is 0 Å². The van der Waals surface area contributed by atoms with Gasteiger partial charge in [-0.15, -0.1) is 10.2 Å². The molecule has 0 aliphatic rings. The molecular weight excluding hydrogens is 550 g/mol. The first-order valence-electron chi connectivity index (χ1n) is 12.6. The monoisotopic (exact) mass is 574 g/mol. The number of hydrogen-bond acceptors (Lipinski definition) is 4. The van der Waals surface area contributed by atoms with Crippen molar-refractivity contribution in [2.24, 2.45) is 0 Å². The first kappa shape index (κ1) is 27.6. The Kier molecular flexibility index (Phi) is 8.57. The van der Waals surface area contributed by atoms with E-state index in [-0.39, 0.29) is 11.4 Å². The van der Waals surface area contributed by atoms with Gasteiger partial charge in [0.1, 0.15) is 11.6 Å². The van der Waals surface area contributed by atoms with Gasteiger partial charge in [-0.3, -0.25) is 9.36 Å². The van der Waals surface area contributed by atoms with E-state index in [1.54, 1.807) is 18.2 Å². The number of nitrogens with one attached hydrogen (secondary N) is 1. The second-order valence-electron chi connectivity index (χ2n) is 9.25. The van der Waals surface area contributed by atoms with Crippen molar-refractivity contribution in [3.05, 3.63) is 142 Å². The van der Waals surface area contributed by atoms with E-state index in [4.69, 9.17) is 11.6 Å². The Labute approximate surface area is 240 Å². The number of benzene rings is 4. The zero-order chi connectivity index (χ0) is 28.1. The van der Waals surface area contributed by atoms with Crippen molar-refractivity contribution < 1.29 is 13.6 Å². The lowest BCUT2D eigenvalue weighted by Crippen LogP contribution is -2.32. The van der Waals surface area contributed by atoms with Gasteiger partial charge in [0.25, 0.3) is 5.91 Å². The molecule has 0 spiro atoms. The van der Waals surface area contributed by atoms with Crippen LogP contribution in [0.3, 0.4) is 0 Å². The van der Waals surface area contributed by atoms with E-state index in [1.165, 1.54) is 42.1 Å². The Morgan fingerprint density at radius 1 is 0.900 bits per heavy atom. The third-order valence-electron chi connectivity index (χ3n) is 6.34. The summed E-state index contributed by atoms with van der Waals surface area (Å²) in [6.45, 7) is 1.96. The highest BCUT2D eigenvalue weighted by Gasteiger charge is 2.26. The Morgan fingerprint density at radius 2 is 1.68 bits per heavy atom. The zero-order valence-corrected chi connectivity index (χ0v) is 23.1. The number of hydrogen-bond donors (Lipinski definition) is 1. The molecule has 0 aliphatic heterocycles. The van der Waals surface area contributed by atoms with Gasteiger partial charge in [0.2, 0.25) is 0 Å². The molecule has 1 atom stereocenters. The summed E-state index contributed by atoms with van der Waals surface area (Å²) < 4.78 is 29.2. The molecule has 0 radical (unpaired) electrons. The van der Waals surface area contributed by atoms with Gasteiger partial charge in [-0.1, -0.05) is 78.0 Å². The van der Waals surface area contributed by atoms with Crippen LogP contribution in [-0.4, -0.2) is 20.7 Å². The summed E-state index contributed by atoms with van der Waals surface area (Å²) in [5.41, 5.74) is 3.81. The molecule has 0 aliphatic carbocycles. The normalized spacial score (nSPS) is 11.8. The van der Waals surface area contributed by atoms with Crippen molar-refractivity contribution in [2.75, 3.05) is 0 Å². The van der Waals surface area contributed by atoms with Crippen LogP contribution in [0.4, 0.5) is 8.78 Å². The highest BCUT2D eigenvalue weighted by Crippen LogP contribution is 2.31. The minimum atomic E-state index is -0.607. The second kappa shape index (κ2) is 12.4. The van der Waals surface area contributed by atoms with E-state index in [1.807, 2.05) is 60.0 Å². The molecule has 1 N–H and O–H groups in total. The third kappa shape index (κ3) is 6.58. The summed E-state index contributed by atoms with van der Waals surface area (Å²) in [6, 6.07) is 26.5. The number of rotatable bonds is 9. The molecule has 5 aromatic rings. The number of nitrogens with zero attached hydrogens (tertiary/aromatic N) is 3. The van der Waals surface area contributed by atoms with E-state index in [0.29, 0.717) is 28.2 Å². The number of carbonyl (C=O) groups is 1. The maximum Gasteiger partial charge on any atom is 0.251 e. The van der Waals surface area contributed by atoms with Crippen molar-refractivity contribution in [1.29, 1.82) is 0 Å². The fourth-order valence-electron chi connectivity index (χ4n) is 4.31. The van der Waals surface area contributed by atoms with Gasteiger partial charge in [-0.2, -0.15) is 0 Å². The maximum absolute atomic E-state index is 13.9. The number of thioether (sulfide) groups is 1. The number of carbonyl (C=O) groups excluding carboxylic acids is 1. The summed E-state index contributed by atoms with van der Waals surface area (Å²) in [7, 11) is 0.